The van der Waals surface area contributed by atoms with Crippen molar-refractivity contribution in [1.82, 2.24) is 0 Å². The summed E-state index contributed by atoms with van der Waals surface area (Å²) in [5, 5.41) is 15.5. The van der Waals surface area contributed by atoms with Crippen molar-refractivity contribution in [3.63, 3.8) is 0 Å². The van der Waals surface area contributed by atoms with Gasteiger partial charge in [-0.1, -0.05) is 6.07 Å². The highest BCUT2D eigenvalue weighted by molar-refractivity contribution is 5.35. The maximum absolute atomic E-state index is 12.0. The molecule has 1 aromatic rings. The van der Waals surface area contributed by atoms with E-state index in [1.165, 1.54) is 0 Å². The van der Waals surface area contributed by atoms with Gasteiger partial charge >= 0.3 is 6.18 Å². The van der Waals surface area contributed by atoms with Gasteiger partial charge in [0.05, 0.1) is 10.5 Å². The average Bonchev–Trinajstić information content (AvgIpc) is 2.18. The fourth-order valence-corrected chi connectivity index (χ4v) is 0.796. The van der Waals surface area contributed by atoms with Crippen LogP contribution in [-0.2, 0) is 11.0 Å². The van der Waals surface area contributed by atoms with Gasteiger partial charge in [0, 0.05) is 12.1 Å². The van der Waals surface area contributed by atoms with E-state index < -0.39 is 22.4 Å². The molecular formula is C8H5F3N2O3. The molecule has 0 heterocycles. The minimum atomic E-state index is -4.54. The van der Waals surface area contributed by atoms with E-state index in [0.717, 1.165) is 24.3 Å². The van der Waals surface area contributed by atoms with Crippen LogP contribution in [0.1, 0.15) is 5.56 Å². The lowest BCUT2D eigenvalue weighted by Gasteiger charge is -2.04. The average molecular weight is 234 g/mol. The van der Waals surface area contributed by atoms with Gasteiger partial charge in [0.1, 0.15) is 0 Å². The largest absolute Gasteiger partial charge is 0.416 e. The molecule has 0 amide bonds. The van der Waals surface area contributed by atoms with Crippen LogP contribution in [0.3, 0.4) is 0 Å². The van der Waals surface area contributed by atoms with Crippen LogP contribution in [0.2, 0.25) is 0 Å². The number of rotatable bonds is 1. The summed E-state index contributed by atoms with van der Waals surface area (Å²) in [5.74, 6) is 0. The van der Waals surface area contributed by atoms with E-state index in [4.69, 9.17) is 10.2 Å². The lowest BCUT2D eigenvalue weighted by molar-refractivity contribution is -0.385. The first kappa shape index (κ1) is 13.8. The Labute approximate surface area is 87.2 Å². The van der Waals surface area contributed by atoms with E-state index in [0.29, 0.717) is 6.07 Å². The smallest absolute Gasteiger partial charge is 0.258 e. The molecule has 8 heteroatoms. The standard InChI is InChI=1S/C7H4F3NO2.CHNO/c8-7(9,10)5-2-1-3-6(4-5)11(12)13;2-1-3/h1-4H;2H. The Morgan fingerprint density at radius 1 is 1.38 bits per heavy atom. The van der Waals surface area contributed by atoms with Crippen LogP contribution < -0.4 is 0 Å². The number of nitrogens with one attached hydrogen (secondary N) is 1. The number of halogens is 3. The van der Waals surface area contributed by atoms with Crippen molar-refractivity contribution in [2.24, 2.45) is 0 Å². The van der Waals surface area contributed by atoms with Gasteiger partial charge in [-0.25, -0.2) is 10.2 Å². The number of benzene rings is 1. The number of hydrogen-bond donors (Lipinski definition) is 1. The lowest BCUT2D eigenvalue weighted by atomic mass is 10.2. The highest BCUT2D eigenvalue weighted by Gasteiger charge is 2.31. The third-order valence-electron chi connectivity index (χ3n) is 1.38. The normalized spacial score (nSPS) is 9.69. The van der Waals surface area contributed by atoms with E-state index in [2.05, 4.69) is 0 Å². The number of nitrogens with zero attached hydrogens (tertiary/aromatic N) is 1. The number of nitro benzene ring substituents is 1. The van der Waals surface area contributed by atoms with Gasteiger partial charge in [0.15, 0.2) is 0 Å². The van der Waals surface area contributed by atoms with E-state index in [1.54, 1.807) is 0 Å². The highest BCUT2D eigenvalue weighted by atomic mass is 19.4. The van der Waals surface area contributed by atoms with Crippen molar-refractivity contribution in [2.45, 2.75) is 6.18 Å². The van der Waals surface area contributed by atoms with Crippen molar-refractivity contribution in [2.75, 3.05) is 0 Å². The molecule has 0 aliphatic heterocycles. The molecule has 0 aliphatic rings. The molecule has 0 aromatic heterocycles. The molecule has 0 saturated heterocycles. The van der Waals surface area contributed by atoms with Gasteiger partial charge < -0.3 is 0 Å². The van der Waals surface area contributed by atoms with Gasteiger partial charge in [-0.05, 0) is 6.07 Å². The lowest BCUT2D eigenvalue weighted by Crippen LogP contribution is -2.04. The van der Waals surface area contributed by atoms with Gasteiger partial charge in [0.25, 0.3) is 5.69 Å². The monoisotopic (exact) mass is 234 g/mol. The quantitative estimate of drug-likeness (QED) is 0.350. The first-order chi connectivity index (χ1) is 7.32. The molecule has 0 saturated carbocycles. The van der Waals surface area contributed by atoms with Crippen molar-refractivity contribution in [3.05, 3.63) is 39.9 Å². The predicted molar refractivity (Wildman–Crippen MR) is 46.5 cm³/mol. The second-order valence-corrected chi connectivity index (χ2v) is 2.41. The summed E-state index contributed by atoms with van der Waals surface area (Å²) in [6, 6.07) is 3.29. The maximum atomic E-state index is 12.0. The molecule has 5 nitrogen and oxygen atoms in total. The molecule has 86 valence electrons. The second kappa shape index (κ2) is 5.62. The molecule has 1 rings (SSSR count). The zero-order valence-electron chi connectivity index (χ0n) is 7.62. The van der Waals surface area contributed by atoms with Crippen LogP contribution in [-0.4, -0.2) is 11.0 Å². The van der Waals surface area contributed by atoms with E-state index in [-0.39, 0.29) is 0 Å². The Morgan fingerprint density at radius 3 is 2.25 bits per heavy atom. The molecule has 0 atom stereocenters. The summed E-state index contributed by atoms with van der Waals surface area (Å²) in [6.45, 7) is 0. The molecule has 1 aromatic carbocycles. The molecule has 1 N–H and O–H groups in total. The highest BCUT2D eigenvalue weighted by Crippen LogP contribution is 2.30. The van der Waals surface area contributed by atoms with Crippen LogP contribution >= 0.6 is 0 Å². The number of isocyanates is 1. The Hall–Kier alpha value is -2.21. The molecule has 0 bridgehead atoms. The Kier molecular flexibility index (Phi) is 4.84. The van der Waals surface area contributed by atoms with Gasteiger partial charge in [-0.15, -0.1) is 0 Å². The molecule has 0 unspecified atom stereocenters. The van der Waals surface area contributed by atoms with Gasteiger partial charge in [-0.2, -0.15) is 13.2 Å². The summed E-state index contributed by atoms with van der Waals surface area (Å²) in [7, 11) is 0. The minimum Gasteiger partial charge on any atom is -0.258 e. The number of nitro groups is 1. The van der Waals surface area contributed by atoms with Gasteiger partial charge in [0.2, 0.25) is 6.08 Å². The molecule has 0 fully saturated rings. The van der Waals surface area contributed by atoms with Crippen LogP contribution in [0.25, 0.3) is 0 Å². The van der Waals surface area contributed by atoms with Crippen LogP contribution in [0, 0.1) is 15.5 Å². The van der Waals surface area contributed by atoms with E-state index in [9.17, 15) is 23.3 Å². The first-order valence-corrected chi connectivity index (χ1v) is 3.68. The molecule has 0 radical (unpaired) electrons. The van der Waals surface area contributed by atoms with Crippen LogP contribution in [0.5, 0.6) is 0 Å². The van der Waals surface area contributed by atoms with Crippen LogP contribution in [0.4, 0.5) is 18.9 Å². The zero-order valence-corrected chi connectivity index (χ0v) is 7.62. The summed E-state index contributed by atoms with van der Waals surface area (Å²) in [6.07, 6.45) is -3.79. The maximum Gasteiger partial charge on any atom is 0.416 e. The Bertz CT molecular complexity index is 411. The second-order valence-electron chi connectivity index (χ2n) is 2.41. The van der Waals surface area contributed by atoms with Crippen LogP contribution in [0.15, 0.2) is 24.3 Å². The third kappa shape index (κ3) is 4.34. The first-order valence-electron chi connectivity index (χ1n) is 3.68. The Balaban J connectivity index is 0.000000673. The molecule has 0 aliphatic carbocycles. The molecular weight excluding hydrogens is 229 g/mol. The number of alkyl halides is 3. The predicted octanol–water partition coefficient (Wildman–Crippen LogP) is 2.51. The molecule has 0 spiro atoms. The zero-order chi connectivity index (χ0) is 12.8. The van der Waals surface area contributed by atoms with E-state index in [1.807, 2.05) is 0 Å². The van der Waals surface area contributed by atoms with Gasteiger partial charge in [-0.3, -0.25) is 10.1 Å². The third-order valence-corrected chi connectivity index (χ3v) is 1.38. The number of non-ortho nitro benzene ring substituents is 1. The number of carbonyl (C=O) groups excluding carboxylic acids is 1. The van der Waals surface area contributed by atoms with Crippen molar-refractivity contribution in [3.8, 4) is 0 Å². The van der Waals surface area contributed by atoms with Crippen molar-refractivity contribution < 1.29 is 22.9 Å². The summed E-state index contributed by atoms with van der Waals surface area (Å²) in [4.78, 5) is 17.6. The SMILES string of the molecule is N=C=O.O=[N+]([O-])c1cccc(C(F)(F)F)c1. The molecule has 16 heavy (non-hydrogen) atoms. The minimum absolute atomic E-state index is 0.500. The summed E-state index contributed by atoms with van der Waals surface area (Å²) in [5.41, 5.74) is -1.57. The topological polar surface area (TPSA) is 84.1 Å². The summed E-state index contributed by atoms with van der Waals surface area (Å²) >= 11 is 0. The van der Waals surface area contributed by atoms with Crippen molar-refractivity contribution >= 4 is 11.8 Å². The number of hydrogen-bond acceptors (Lipinski definition) is 4. The fourth-order valence-electron chi connectivity index (χ4n) is 0.796. The van der Waals surface area contributed by atoms with E-state index >= 15 is 0 Å². The Morgan fingerprint density at radius 2 is 1.88 bits per heavy atom. The fraction of sp³-hybridized carbons (Fsp3) is 0.125. The van der Waals surface area contributed by atoms with Crippen molar-refractivity contribution in [1.29, 1.82) is 5.41 Å². The summed E-state index contributed by atoms with van der Waals surface area (Å²) < 4.78 is 36.0.